The second-order valence-electron chi connectivity index (χ2n) is 5.37. The summed E-state index contributed by atoms with van der Waals surface area (Å²) < 4.78 is 111. The largest absolute Gasteiger partial charge is 0.495 e. The number of nitro benzene ring substituents is 1. The number of ether oxygens (including phenoxy) is 1. The molecule has 0 radical (unpaired) electrons. The molecule has 29 heavy (non-hydrogen) atoms. The lowest BCUT2D eigenvalue weighted by Gasteiger charge is -2.15. The number of halogens is 6. The van der Waals surface area contributed by atoms with Gasteiger partial charge in [-0.3, -0.25) is 10.1 Å². The summed E-state index contributed by atoms with van der Waals surface area (Å²) in [4.78, 5) is 9.03. The number of hydrogen-bond acceptors (Lipinski definition) is 6. The number of alkyl halides is 6. The first-order chi connectivity index (χ1) is 13.1. The van der Waals surface area contributed by atoms with Crippen molar-refractivity contribution < 1.29 is 48.6 Å². The minimum Gasteiger partial charge on any atom is -0.495 e. The summed E-state index contributed by atoms with van der Waals surface area (Å²) in [5.74, 6) is -1.85. The molecule has 7 nitrogen and oxygen atoms in total. The monoisotopic (exact) mass is 445 g/mol. The SMILES string of the molecule is COc1cc([N+](=O)[O-])ccc1S(=O)(=O)Oc1cc(C(F)(F)F)cc(C(F)(F)F)c1. The van der Waals surface area contributed by atoms with E-state index in [0.717, 1.165) is 13.2 Å². The molecule has 0 aliphatic carbocycles. The van der Waals surface area contributed by atoms with Gasteiger partial charge in [-0.25, -0.2) is 0 Å². The van der Waals surface area contributed by atoms with Gasteiger partial charge in [-0.1, -0.05) is 0 Å². The van der Waals surface area contributed by atoms with Gasteiger partial charge < -0.3 is 8.92 Å². The zero-order chi connectivity index (χ0) is 22.2. The summed E-state index contributed by atoms with van der Waals surface area (Å²) in [6.45, 7) is 0. The first-order valence-electron chi connectivity index (χ1n) is 7.21. The molecule has 0 saturated heterocycles. The molecule has 0 aromatic heterocycles. The smallest absolute Gasteiger partial charge is 0.416 e. The van der Waals surface area contributed by atoms with E-state index in [0.29, 0.717) is 12.1 Å². The van der Waals surface area contributed by atoms with Gasteiger partial charge in [0.1, 0.15) is 16.4 Å². The highest BCUT2D eigenvalue weighted by Gasteiger charge is 2.38. The maximum absolute atomic E-state index is 12.9. The number of methoxy groups -OCH3 is 1. The molecule has 0 aliphatic rings. The van der Waals surface area contributed by atoms with E-state index in [-0.39, 0.29) is 18.2 Å². The fraction of sp³-hybridized carbons (Fsp3) is 0.200. The summed E-state index contributed by atoms with van der Waals surface area (Å²) in [5.41, 5.74) is -4.14. The lowest BCUT2D eigenvalue weighted by molar-refractivity contribution is -0.385. The van der Waals surface area contributed by atoms with Crippen LogP contribution in [0.25, 0.3) is 0 Å². The van der Waals surface area contributed by atoms with E-state index in [9.17, 15) is 44.9 Å². The Labute approximate surface area is 158 Å². The van der Waals surface area contributed by atoms with E-state index >= 15 is 0 Å². The Hall–Kier alpha value is -3.03. The normalized spacial score (nSPS) is 12.5. The molecule has 2 aromatic rings. The van der Waals surface area contributed by atoms with Gasteiger partial charge in [0.25, 0.3) is 5.69 Å². The van der Waals surface area contributed by atoms with Gasteiger partial charge in [-0.15, -0.1) is 0 Å². The maximum atomic E-state index is 12.9. The average Bonchev–Trinajstić information content (AvgIpc) is 2.58. The fourth-order valence-corrected chi connectivity index (χ4v) is 3.19. The topological polar surface area (TPSA) is 95.7 Å². The molecule has 0 atom stereocenters. The van der Waals surface area contributed by atoms with Crippen LogP contribution in [0.4, 0.5) is 32.0 Å². The molecule has 2 rings (SSSR count). The quantitative estimate of drug-likeness (QED) is 0.293. The number of benzene rings is 2. The molecule has 14 heteroatoms. The minimum atomic E-state index is -5.21. The lowest BCUT2D eigenvalue weighted by Crippen LogP contribution is -2.15. The van der Waals surface area contributed by atoms with Crippen LogP contribution in [0.1, 0.15) is 11.1 Å². The zero-order valence-electron chi connectivity index (χ0n) is 14.0. The van der Waals surface area contributed by atoms with E-state index < -0.39 is 60.6 Å². The Morgan fingerprint density at radius 1 is 0.931 bits per heavy atom. The van der Waals surface area contributed by atoms with Crippen molar-refractivity contribution in [2.45, 2.75) is 17.2 Å². The summed E-state index contributed by atoms with van der Waals surface area (Å²) in [6, 6.07) is 2.06. The Bertz CT molecular complexity index is 1020. The van der Waals surface area contributed by atoms with Crippen LogP contribution in [0.3, 0.4) is 0 Å². The first kappa shape index (κ1) is 22.3. The molecule has 2 aromatic carbocycles. The van der Waals surface area contributed by atoms with Gasteiger partial charge in [0.05, 0.1) is 29.2 Å². The molecule has 0 heterocycles. The van der Waals surface area contributed by atoms with E-state index in [1.807, 2.05) is 0 Å². The van der Waals surface area contributed by atoms with Gasteiger partial charge in [0.15, 0.2) is 0 Å². The van der Waals surface area contributed by atoms with Crippen LogP contribution in [0.15, 0.2) is 41.3 Å². The van der Waals surface area contributed by atoms with Gasteiger partial charge in [-0.05, 0) is 24.3 Å². The minimum absolute atomic E-state index is 0.0741. The summed E-state index contributed by atoms with van der Waals surface area (Å²) in [6.07, 6.45) is -10.4. The molecular weight excluding hydrogens is 436 g/mol. The van der Waals surface area contributed by atoms with Crippen molar-refractivity contribution in [1.82, 2.24) is 0 Å². The lowest BCUT2D eigenvalue weighted by atomic mass is 10.1. The Morgan fingerprint density at radius 2 is 1.45 bits per heavy atom. The zero-order valence-corrected chi connectivity index (χ0v) is 14.9. The van der Waals surface area contributed by atoms with Crippen molar-refractivity contribution in [2.75, 3.05) is 7.11 Å². The molecule has 0 spiro atoms. The number of rotatable bonds is 5. The van der Waals surface area contributed by atoms with Crippen molar-refractivity contribution in [2.24, 2.45) is 0 Å². The van der Waals surface area contributed by atoms with E-state index in [1.165, 1.54) is 0 Å². The van der Waals surface area contributed by atoms with Gasteiger partial charge in [0.2, 0.25) is 0 Å². The summed E-state index contributed by atoms with van der Waals surface area (Å²) >= 11 is 0. The first-order valence-corrected chi connectivity index (χ1v) is 8.62. The Morgan fingerprint density at radius 3 is 1.86 bits per heavy atom. The van der Waals surface area contributed by atoms with Crippen LogP contribution in [0.2, 0.25) is 0 Å². The van der Waals surface area contributed by atoms with Gasteiger partial charge >= 0.3 is 22.5 Å². The molecular formula is C15H9F6NO6S. The van der Waals surface area contributed by atoms with Gasteiger partial charge in [0, 0.05) is 6.07 Å². The van der Waals surface area contributed by atoms with Crippen LogP contribution in [-0.4, -0.2) is 20.5 Å². The predicted octanol–water partition coefficient (Wildman–Crippen LogP) is 4.41. The Balaban J connectivity index is 2.56. The third-order valence-electron chi connectivity index (χ3n) is 3.39. The Kier molecular flexibility index (Phi) is 5.70. The van der Waals surface area contributed by atoms with Crippen LogP contribution < -0.4 is 8.92 Å². The number of nitrogens with zero attached hydrogens (tertiary/aromatic N) is 1. The van der Waals surface area contributed by atoms with Crippen molar-refractivity contribution in [3.05, 3.63) is 57.6 Å². The van der Waals surface area contributed by atoms with Crippen molar-refractivity contribution >= 4 is 15.8 Å². The van der Waals surface area contributed by atoms with Gasteiger partial charge in [-0.2, -0.15) is 34.8 Å². The number of nitro groups is 1. The van der Waals surface area contributed by atoms with E-state index in [4.69, 9.17) is 4.74 Å². The van der Waals surface area contributed by atoms with Crippen molar-refractivity contribution in [1.29, 1.82) is 0 Å². The standard InChI is InChI=1S/C15H9F6NO6S/c1-27-12-7-10(22(23)24)2-3-13(12)29(25,26)28-11-5-8(14(16,17)18)4-9(6-11)15(19,20)21/h2-7H,1H3. The van der Waals surface area contributed by atoms with Crippen molar-refractivity contribution in [3.63, 3.8) is 0 Å². The fourth-order valence-electron chi connectivity index (χ4n) is 2.12. The second kappa shape index (κ2) is 7.42. The van der Waals surface area contributed by atoms with Crippen LogP contribution in [0, 0.1) is 10.1 Å². The second-order valence-corrected chi connectivity index (χ2v) is 6.89. The van der Waals surface area contributed by atoms with E-state index in [1.54, 1.807) is 0 Å². The highest BCUT2D eigenvalue weighted by atomic mass is 32.2. The molecule has 158 valence electrons. The molecule has 0 aliphatic heterocycles. The third kappa shape index (κ3) is 5.07. The maximum Gasteiger partial charge on any atom is 0.416 e. The van der Waals surface area contributed by atoms with Crippen LogP contribution in [0.5, 0.6) is 11.5 Å². The molecule has 0 amide bonds. The molecule has 0 bridgehead atoms. The third-order valence-corrected chi connectivity index (χ3v) is 4.68. The highest BCUT2D eigenvalue weighted by Crippen LogP contribution is 2.39. The molecule has 0 unspecified atom stereocenters. The van der Waals surface area contributed by atoms with Crippen LogP contribution >= 0.6 is 0 Å². The predicted molar refractivity (Wildman–Crippen MR) is 83.9 cm³/mol. The number of non-ortho nitro benzene ring substituents is 1. The molecule has 0 saturated carbocycles. The molecule has 0 N–H and O–H groups in total. The summed E-state index contributed by atoms with van der Waals surface area (Å²) in [7, 11) is -4.06. The highest BCUT2D eigenvalue weighted by molar-refractivity contribution is 7.87. The van der Waals surface area contributed by atoms with Crippen molar-refractivity contribution in [3.8, 4) is 11.5 Å². The summed E-state index contributed by atoms with van der Waals surface area (Å²) in [5, 5.41) is 10.7. The van der Waals surface area contributed by atoms with E-state index in [2.05, 4.69) is 4.18 Å². The molecule has 0 fully saturated rings. The number of hydrogen-bond donors (Lipinski definition) is 0. The average molecular weight is 445 g/mol. The van der Waals surface area contributed by atoms with Crippen LogP contribution in [-0.2, 0) is 22.5 Å².